The van der Waals surface area contributed by atoms with Crippen molar-refractivity contribution in [2.24, 2.45) is 0 Å². The van der Waals surface area contributed by atoms with E-state index in [2.05, 4.69) is 212 Å². The second kappa shape index (κ2) is 13.2. The van der Waals surface area contributed by atoms with E-state index in [1.807, 2.05) is 12.3 Å². The van der Waals surface area contributed by atoms with E-state index in [0.29, 0.717) is 6.67 Å². The molecule has 0 saturated carbocycles. The molecule has 0 fully saturated rings. The van der Waals surface area contributed by atoms with Gasteiger partial charge in [-0.25, -0.2) is 4.98 Å². The molecule has 280 valence electrons. The van der Waals surface area contributed by atoms with Gasteiger partial charge in [0.05, 0.1) is 29.1 Å². The standard InChI is InChI=1S/C51H45N5O/c1-50(2,3)35-27-28-52-49(31-35)56-45-18-9-6-15-41(45)42-26-25-40(33-48(42)56)57-39-14-12-13-38(32-39)54-30-29-53(34-54)36-21-23-37(24-22-36)55-46-19-10-7-16-43(46)51(4,5)44-17-8-11-20-47(44)55/h6-33H,34H2,1-5H3. The molecule has 0 unspecified atom stereocenters. The average molecular weight is 744 g/mol. The fourth-order valence-electron chi connectivity index (χ4n) is 8.62. The predicted molar refractivity (Wildman–Crippen MR) is 236 cm³/mol. The minimum atomic E-state index is -0.0818. The number of nitrogens with zero attached hydrogens (tertiary/aromatic N) is 5. The van der Waals surface area contributed by atoms with Crippen LogP contribution in [-0.4, -0.2) is 16.2 Å². The van der Waals surface area contributed by atoms with Crippen LogP contribution < -0.4 is 19.4 Å². The number of hydrogen-bond acceptors (Lipinski definition) is 5. The van der Waals surface area contributed by atoms with Crippen molar-refractivity contribution >= 4 is 50.2 Å². The van der Waals surface area contributed by atoms with Crippen LogP contribution in [0, 0.1) is 0 Å². The molecule has 6 nitrogen and oxygen atoms in total. The maximum atomic E-state index is 6.59. The zero-order valence-corrected chi connectivity index (χ0v) is 33.0. The number of ether oxygens (including phenoxy) is 1. The summed E-state index contributed by atoms with van der Waals surface area (Å²) in [6.45, 7) is 12.0. The molecule has 2 aliphatic rings. The molecule has 2 aliphatic heterocycles. The van der Waals surface area contributed by atoms with Crippen molar-refractivity contribution < 1.29 is 4.74 Å². The van der Waals surface area contributed by atoms with Gasteiger partial charge < -0.3 is 19.4 Å². The van der Waals surface area contributed by atoms with Crippen LogP contribution in [0.1, 0.15) is 51.3 Å². The van der Waals surface area contributed by atoms with Gasteiger partial charge in [0.15, 0.2) is 0 Å². The molecular formula is C51H45N5O. The monoisotopic (exact) mass is 743 g/mol. The van der Waals surface area contributed by atoms with Crippen LogP contribution in [0.25, 0.3) is 27.6 Å². The van der Waals surface area contributed by atoms with Gasteiger partial charge in [-0.15, -0.1) is 0 Å². The summed E-state index contributed by atoms with van der Waals surface area (Å²) in [7, 11) is 0. The summed E-state index contributed by atoms with van der Waals surface area (Å²) in [4.78, 5) is 11.8. The molecule has 6 aromatic carbocycles. The summed E-state index contributed by atoms with van der Waals surface area (Å²) in [6.07, 6.45) is 6.20. The zero-order chi connectivity index (χ0) is 38.9. The number of para-hydroxylation sites is 3. The number of rotatable bonds is 6. The Labute approximate surface area is 334 Å². The summed E-state index contributed by atoms with van der Waals surface area (Å²) in [5, 5.41) is 2.36. The molecule has 8 aromatic rings. The Kier molecular flexibility index (Phi) is 8.01. The highest BCUT2D eigenvalue weighted by molar-refractivity contribution is 6.09. The molecule has 57 heavy (non-hydrogen) atoms. The summed E-state index contributed by atoms with van der Waals surface area (Å²) in [5.41, 5.74) is 11.8. The molecule has 2 aromatic heterocycles. The third kappa shape index (κ3) is 5.91. The second-order valence-electron chi connectivity index (χ2n) is 16.7. The maximum Gasteiger partial charge on any atom is 0.137 e. The quantitative estimate of drug-likeness (QED) is 0.169. The van der Waals surface area contributed by atoms with Gasteiger partial charge in [0.2, 0.25) is 0 Å². The van der Waals surface area contributed by atoms with E-state index in [0.717, 1.165) is 45.4 Å². The third-order valence-electron chi connectivity index (χ3n) is 11.7. The normalized spacial score (nSPS) is 14.6. The summed E-state index contributed by atoms with van der Waals surface area (Å²) >= 11 is 0. The van der Waals surface area contributed by atoms with Crippen molar-refractivity contribution in [3.8, 4) is 17.3 Å². The van der Waals surface area contributed by atoms with E-state index >= 15 is 0 Å². The lowest BCUT2D eigenvalue weighted by Crippen LogP contribution is -2.30. The highest BCUT2D eigenvalue weighted by Crippen LogP contribution is 2.51. The Bertz CT molecular complexity index is 2790. The van der Waals surface area contributed by atoms with Gasteiger partial charge in [-0.05, 0) is 101 Å². The zero-order valence-electron chi connectivity index (χ0n) is 33.0. The van der Waals surface area contributed by atoms with Crippen molar-refractivity contribution in [1.29, 1.82) is 0 Å². The Hall–Kier alpha value is -6.79. The molecule has 0 aliphatic carbocycles. The highest BCUT2D eigenvalue weighted by atomic mass is 16.5. The molecular weight excluding hydrogens is 699 g/mol. The van der Waals surface area contributed by atoms with E-state index in [1.165, 1.54) is 38.8 Å². The van der Waals surface area contributed by atoms with Gasteiger partial charge >= 0.3 is 0 Å². The topological polar surface area (TPSA) is 36.8 Å². The summed E-state index contributed by atoms with van der Waals surface area (Å²) in [5.74, 6) is 2.46. The molecule has 0 spiro atoms. The number of pyridine rings is 1. The molecule has 10 rings (SSSR count). The van der Waals surface area contributed by atoms with Crippen LogP contribution in [0.3, 0.4) is 0 Å². The first-order valence-electron chi connectivity index (χ1n) is 19.7. The molecule has 6 heteroatoms. The first kappa shape index (κ1) is 34.7. The van der Waals surface area contributed by atoms with Gasteiger partial charge in [-0.1, -0.05) is 95.3 Å². The molecule has 0 saturated heterocycles. The van der Waals surface area contributed by atoms with E-state index in [1.54, 1.807) is 0 Å². The second-order valence-corrected chi connectivity index (χ2v) is 16.7. The number of hydrogen-bond donors (Lipinski definition) is 0. The number of aromatic nitrogens is 2. The number of anilines is 5. The van der Waals surface area contributed by atoms with E-state index in [-0.39, 0.29) is 10.8 Å². The smallest absolute Gasteiger partial charge is 0.137 e. The van der Waals surface area contributed by atoms with Crippen molar-refractivity contribution in [2.45, 2.75) is 45.4 Å². The van der Waals surface area contributed by atoms with Gasteiger partial charge in [0, 0.05) is 64.0 Å². The van der Waals surface area contributed by atoms with Crippen molar-refractivity contribution in [3.05, 3.63) is 187 Å². The minimum absolute atomic E-state index is 0.00764. The molecule has 0 radical (unpaired) electrons. The maximum absolute atomic E-state index is 6.59. The van der Waals surface area contributed by atoms with E-state index in [4.69, 9.17) is 9.72 Å². The number of benzene rings is 6. The largest absolute Gasteiger partial charge is 0.457 e. The van der Waals surface area contributed by atoms with Crippen LogP contribution in [-0.2, 0) is 10.8 Å². The van der Waals surface area contributed by atoms with Gasteiger partial charge in [0.1, 0.15) is 17.3 Å². The number of fused-ring (bicyclic) bond motifs is 5. The Morgan fingerprint density at radius 1 is 0.561 bits per heavy atom. The van der Waals surface area contributed by atoms with Crippen LogP contribution in [0.4, 0.5) is 28.4 Å². The SMILES string of the molecule is CC(C)(C)c1ccnc(-n2c3ccccc3c3ccc(Oc4cccc(N5C=CN(c6ccc(N7c8ccccc8C(C)(C)c8ccccc87)cc6)C5)c4)cc32)c1. The van der Waals surface area contributed by atoms with Crippen molar-refractivity contribution in [2.75, 3.05) is 21.4 Å². The molecule has 0 bridgehead atoms. The third-order valence-corrected chi connectivity index (χ3v) is 11.7. The molecule has 0 N–H and O–H groups in total. The van der Waals surface area contributed by atoms with Crippen LogP contribution in [0.15, 0.2) is 170 Å². The first-order valence-corrected chi connectivity index (χ1v) is 19.7. The summed E-state index contributed by atoms with van der Waals surface area (Å²) < 4.78 is 8.85. The average Bonchev–Trinajstić information content (AvgIpc) is 3.85. The lowest BCUT2D eigenvalue weighted by molar-refractivity contribution is 0.483. The fourth-order valence-corrected chi connectivity index (χ4v) is 8.62. The van der Waals surface area contributed by atoms with Crippen LogP contribution >= 0.6 is 0 Å². The van der Waals surface area contributed by atoms with Gasteiger partial charge in [-0.2, -0.15) is 0 Å². The summed E-state index contributed by atoms with van der Waals surface area (Å²) in [6, 6.07) is 54.0. The highest BCUT2D eigenvalue weighted by Gasteiger charge is 2.36. The molecule has 0 atom stereocenters. The Morgan fingerprint density at radius 3 is 1.93 bits per heavy atom. The Balaban J connectivity index is 0.896. The predicted octanol–water partition coefficient (Wildman–Crippen LogP) is 13.1. The molecule has 4 heterocycles. The van der Waals surface area contributed by atoms with Crippen molar-refractivity contribution in [1.82, 2.24) is 9.55 Å². The van der Waals surface area contributed by atoms with Crippen molar-refractivity contribution in [3.63, 3.8) is 0 Å². The minimum Gasteiger partial charge on any atom is -0.457 e. The first-order chi connectivity index (χ1) is 27.6. The lowest BCUT2D eigenvalue weighted by atomic mass is 9.73. The lowest BCUT2D eigenvalue weighted by Gasteiger charge is -2.42. The van der Waals surface area contributed by atoms with E-state index < -0.39 is 0 Å². The van der Waals surface area contributed by atoms with Gasteiger partial charge in [-0.3, -0.25) is 4.57 Å². The van der Waals surface area contributed by atoms with Gasteiger partial charge in [0.25, 0.3) is 0 Å². The Morgan fingerprint density at radius 2 is 1.19 bits per heavy atom. The fraction of sp³-hybridized carbons (Fsp3) is 0.157. The van der Waals surface area contributed by atoms with E-state index in [9.17, 15) is 0 Å². The molecule has 0 amide bonds. The van der Waals surface area contributed by atoms with Crippen LogP contribution in [0.2, 0.25) is 0 Å². The van der Waals surface area contributed by atoms with Crippen LogP contribution in [0.5, 0.6) is 11.5 Å².